The van der Waals surface area contributed by atoms with Crippen LogP contribution < -0.4 is 4.72 Å². The molecule has 0 saturated carbocycles. The lowest BCUT2D eigenvalue weighted by atomic mass is 10.3. The normalized spacial score (nSPS) is 11.5. The second-order valence-corrected chi connectivity index (χ2v) is 8.15. The third-order valence-electron chi connectivity index (χ3n) is 2.01. The fourth-order valence-electron chi connectivity index (χ4n) is 1.24. The third-order valence-corrected chi connectivity index (χ3v) is 5.67. The average molecular weight is 387 g/mol. The van der Waals surface area contributed by atoms with Crippen molar-refractivity contribution in [2.24, 2.45) is 0 Å². The molecule has 0 saturated heterocycles. The largest absolute Gasteiger partial charge is 0.280 e. The predicted molar refractivity (Wildman–Crippen MR) is 79.3 cm³/mol. The van der Waals surface area contributed by atoms with Crippen molar-refractivity contribution in [2.75, 3.05) is 4.72 Å². The van der Waals surface area contributed by atoms with Gasteiger partial charge in [0.2, 0.25) is 0 Å². The molecule has 0 radical (unpaired) electrons. The van der Waals surface area contributed by atoms with Gasteiger partial charge in [-0.1, -0.05) is 39.1 Å². The van der Waals surface area contributed by atoms with Crippen LogP contribution in [0, 0.1) is 0 Å². The summed E-state index contributed by atoms with van der Waals surface area (Å²) in [4.78, 5) is -0.0120. The van der Waals surface area contributed by atoms with Gasteiger partial charge in [0.15, 0.2) is 0 Å². The highest BCUT2D eigenvalue weighted by Crippen LogP contribution is 2.35. The molecule has 0 spiro atoms. The Balaban J connectivity index is 2.33. The molecule has 8 heteroatoms. The molecular formula is C10H6BrCl2NO2S2. The summed E-state index contributed by atoms with van der Waals surface area (Å²) in [6.45, 7) is 0. The summed E-state index contributed by atoms with van der Waals surface area (Å²) >= 11 is 15.8. The minimum Gasteiger partial charge on any atom is -0.280 e. The minimum atomic E-state index is -3.71. The summed E-state index contributed by atoms with van der Waals surface area (Å²) in [5, 5.41) is 0. The SMILES string of the molecule is O=S(=O)(Nc1ccc(Br)cc1)c1cc(Cl)sc1Cl. The maximum atomic E-state index is 12.1. The first-order valence-corrected chi connectivity index (χ1v) is 8.46. The molecule has 1 aromatic heterocycles. The molecule has 1 heterocycles. The minimum absolute atomic E-state index is 0.0120. The molecule has 2 aromatic rings. The van der Waals surface area contributed by atoms with Gasteiger partial charge in [0.05, 0.1) is 4.34 Å². The van der Waals surface area contributed by atoms with Crippen molar-refractivity contribution >= 4 is 66.2 Å². The van der Waals surface area contributed by atoms with Gasteiger partial charge >= 0.3 is 0 Å². The van der Waals surface area contributed by atoms with Crippen molar-refractivity contribution in [3.63, 3.8) is 0 Å². The molecule has 1 aromatic carbocycles. The standard InChI is InChI=1S/C10H6BrCl2NO2S2/c11-6-1-3-7(4-2-6)14-18(15,16)8-5-9(12)17-10(8)13/h1-5,14H. The van der Waals surface area contributed by atoms with Crippen molar-refractivity contribution in [1.82, 2.24) is 0 Å². The topological polar surface area (TPSA) is 46.2 Å². The fraction of sp³-hybridized carbons (Fsp3) is 0. The molecule has 2 rings (SSSR count). The molecular weight excluding hydrogens is 381 g/mol. The number of hydrogen-bond acceptors (Lipinski definition) is 3. The Bertz CT molecular complexity index is 668. The van der Waals surface area contributed by atoms with E-state index in [1.54, 1.807) is 24.3 Å². The van der Waals surface area contributed by atoms with Crippen LogP contribution in [0.5, 0.6) is 0 Å². The van der Waals surface area contributed by atoms with Crippen molar-refractivity contribution < 1.29 is 8.42 Å². The van der Waals surface area contributed by atoms with Gasteiger partial charge in [0, 0.05) is 10.2 Å². The van der Waals surface area contributed by atoms with Gasteiger partial charge in [-0.3, -0.25) is 4.72 Å². The van der Waals surface area contributed by atoms with E-state index in [0.717, 1.165) is 15.8 Å². The zero-order valence-corrected chi connectivity index (χ0v) is 13.4. The molecule has 0 bridgehead atoms. The van der Waals surface area contributed by atoms with Crippen LogP contribution in [0.2, 0.25) is 8.67 Å². The van der Waals surface area contributed by atoms with E-state index in [-0.39, 0.29) is 9.23 Å². The Morgan fingerprint density at radius 1 is 1.17 bits per heavy atom. The van der Waals surface area contributed by atoms with Gasteiger partial charge in [-0.2, -0.15) is 0 Å². The summed E-state index contributed by atoms with van der Waals surface area (Å²) in [7, 11) is -3.71. The van der Waals surface area contributed by atoms with Crippen LogP contribution in [0.3, 0.4) is 0 Å². The smallest absolute Gasteiger partial charge is 0.264 e. The Kier molecular flexibility index (Phi) is 4.23. The number of sulfonamides is 1. The molecule has 0 fully saturated rings. The van der Waals surface area contributed by atoms with Gasteiger partial charge in [-0.25, -0.2) is 8.42 Å². The first-order valence-electron chi connectivity index (χ1n) is 4.62. The third kappa shape index (κ3) is 3.19. The molecule has 0 aliphatic heterocycles. The molecule has 0 aliphatic carbocycles. The van der Waals surface area contributed by atoms with Crippen LogP contribution in [0.4, 0.5) is 5.69 Å². The van der Waals surface area contributed by atoms with Crippen molar-refractivity contribution in [3.8, 4) is 0 Å². The number of hydrogen-bond donors (Lipinski definition) is 1. The summed E-state index contributed by atoms with van der Waals surface area (Å²) in [6.07, 6.45) is 0. The summed E-state index contributed by atoms with van der Waals surface area (Å²) in [5.74, 6) is 0. The molecule has 0 atom stereocenters. The Hall–Kier alpha value is -0.270. The Morgan fingerprint density at radius 3 is 2.28 bits per heavy atom. The van der Waals surface area contributed by atoms with Crippen molar-refractivity contribution in [2.45, 2.75) is 4.90 Å². The molecule has 0 amide bonds. The van der Waals surface area contributed by atoms with Gasteiger partial charge in [0.25, 0.3) is 10.0 Å². The number of benzene rings is 1. The van der Waals surface area contributed by atoms with Crippen LogP contribution in [-0.2, 0) is 10.0 Å². The van der Waals surface area contributed by atoms with Gasteiger partial charge in [0.1, 0.15) is 9.23 Å². The van der Waals surface area contributed by atoms with Crippen LogP contribution in [0.15, 0.2) is 39.7 Å². The maximum Gasteiger partial charge on any atom is 0.264 e. The first kappa shape index (κ1) is 14.1. The predicted octanol–water partition coefficient (Wildman–Crippen LogP) is 4.62. The van der Waals surface area contributed by atoms with Crippen molar-refractivity contribution in [3.05, 3.63) is 43.5 Å². The van der Waals surface area contributed by atoms with Gasteiger partial charge < -0.3 is 0 Å². The van der Waals surface area contributed by atoms with E-state index < -0.39 is 10.0 Å². The van der Waals surface area contributed by atoms with Gasteiger partial charge in [-0.05, 0) is 30.3 Å². The Morgan fingerprint density at radius 2 is 1.78 bits per heavy atom. The van der Waals surface area contributed by atoms with Gasteiger partial charge in [-0.15, -0.1) is 11.3 Å². The molecule has 18 heavy (non-hydrogen) atoms. The number of nitrogens with one attached hydrogen (secondary N) is 1. The molecule has 1 N–H and O–H groups in total. The number of rotatable bonds is 3. The van der Waals surface area contributed by atoms with Crippen LogP contribution in [0.1, 0.15) is 0 Å². The lowest BCUT2D eigenvalue weighted by Gasteiger charge is -2.06. The monoisotopic (exact) mass is 385 g/mol. The quantitative estimate of drug-likeness (QED) is 0.836. The highest BCUT2D eigenvalue weighted by Gasteiger charge is 2.20. The summed E-state index contributed by atoms with van der Waals surface area (Å²) in [6, 6.07) is 8.09. The maximum absolute atomic E-state index is 12.1. The molecule has 0 unspecified atom stereocenters. The van der Waals surface area contributed by atoms with Crippen LogP contribution in [-0.4, -0.2) is 8.42 Å². The molecule has 96 valence electrons. The fourth-order valence-corrected chi connectivity index (χ4v) is 4.71. The van der Waals surface area contributed by atoms with Crippen LogP contribution in [0.25, 0.3) is 0 Å². The van der Waals surface area contributed by atoms with E-state index >= 15 is 0 Å². The highest BCUT2D eigenvalue weighted by atomic mass is 79.9. The lowest BCUT2D eigenvalue weighted by Crippen LogP contribution is -2.12. The van der Waals surface area contributed by atoms with E-state index in [9.17, 15) is 8.42 Å². The van der Waals surface area contributed by atoms with E-state index in [1.165, 1.54) is 6.07 Å². The zero-order valence-electron chi connectivity index (χ0n) is 8.65. The number of anilines is 1. The highest BCUT2D eigenvalue weighted by molar-refractivity contribution is 9.10. The van der Waals surface area contributed by atoms with E-state index in [1.807, 2.05) is 0 Å². The van der Waals surface area contributed by atoms with Crippen molar-refractivity contribution in [1.29, 1.82) is 0 Å². The van der Waals surface area contributed by atoms with Crippen LogP contribution >= 0.6 is 50.5 Å². The zero-order chi connectivity index (χ0) is 13.3. The lowest BCUT2D eigenvalue weighted by molar-refractivity contribution is 0.601. The molecule has 0 aliphatic rings. The second kappa shape index (κ2) is 5.38. The Labute approximate surface area is 127 Å². The van der Waals surface area contributed by atoms with E-state index in [4.69, 9.17) is 23.2 Å². The first-order chi connectivity index (χ1) is 8.38. The summed E-state index contributed by atoms with van der Waals surface area (Å²) in [5.41, 5.74) is 0.455. The van der Waals surface area contributed by atoms with E-state index in [0.29, 0.717) is 10.0 Å². The number of halogens is 3. The average Bonchev–Trinajstić information content (AvgIpc) is 2.62. The summed E-state index contributed by atoms with van der Waals surface area (Å²) < 4.78 is 27.9. The number of thiophene rings is 1. The molecule has 3 nitrogen and oxygen atoms in total. The van der Waals surface area contributed by atoms with E-state index in [2.05, 4.69) is 20.7 Å². The second-order valence-electron chi connectivity index (χ2n) is 3.30.